The van der Waals surface area contributed by atoms with Crippen molar-refractivity contribution in [2.24, 2.45) is 4.99 Å². The maximum Gasteiger partial charge on any atom is 0.323 e. The number of carboxylic acid groups (broad SMARTS) is 1. The Labute approximate surface area is 151 Å². The first-order valence-corrected chi connectivity index (χ1v) is 8.41. The van der Waals surface area contributed by atoms with E-state index in [0.29, 0.717) is 26.7 Å². The van der Waals surface area contributed by atoms with Crippen molar-refractivity contribution in [1.82, 2.24) is 4.57 Å². The summed E-state index contributed by atoms with van der Waals surface area (Å²) in [5, 5.41) is 9.60. The normalized spacial score (nSPS) is 11.7. The van der Waals surface area contributed by atoms with Gasteiger partial charge in [0.1, 0.15) is 12.3 Å². The molecule has 3 rings (SSSR count). The first kappa shape index (κ1) is 17.2. The van der Waals surface area contributed by atoms with Gasteiger partial charge in [0, 0.05) is 10.6 Å². The molecule has 0 bridgehead atoms. The zero-order valence-electron chi connectivity index (χ0n) is 13.1. The van der Waals surface area contributed by atoms with Gasteiger partial charge in [-0.15, -0.1) is 0 Å². The summed E-state index contributed by atoms with van der Waals surface area (Å²) in [5.74, 6) is -0.865. The molecule has 128 valence electrons. The second-order valence-corrected chi connectivity index (χ2v) is 6.57. The molecule has 1 amide bonds. The Hall–Kier alpha value is -2.64. The fourth-order valence-corrected chi connectivity index (χ4v) is 3.57. The van der Waals surface area contributed by atoms with E-state index in [-0.39, 0.29) is 6.54 Å². The van der Waals surface area contributed by atoms with Crippen LogP contribution < -0.4 is 9.54 Å². The summed E-state index contributed by atoms with van der Waals surface area (Å²) in [7, 11) is 1.55. The molecule has 0 fully saturated rings. The van der Waals surface area contributed by atoms with Crippen LogP contribution in [0.2, 0.25) is 5.02 Å². The van der Waals surface area contributed by atoms with Gasteiger partial charge >= 0.3 is 5.97 Å². The summed E-state index contributed by atoms with van der Waals surface area (Å²) >= 11 is 7.12. The number of fused-ring (bicyclic) bond motifs is 1. The predicted molar refractivity (Wildman–Crippen MR) is 95.3 cm³/mol. The molecule has 0 atom stereocenters. The Morgan fingerprint density at radius 1 is 1.28 bits per heavy atom. The van der Waals surface area contributed by atoms with E-state index in [1.165, 1.54) is 22.0 Å². The van der Waals surface area contributed by atoms with Crippen molar-refractivity contribution < 1.29 is 19.4 Å². The van der Waals surface area contributed by atoms with E-state index in [0.717, 1.165) is 4.70 Å². The molecule has 0 saturated carbocycles. The average Bonchev–Trinajstić information content (AvgIpc) is 2.90. The predicted octanol–water partition coefficient (Wildman–Crippen LogP) is 3.19. The molecule has 0 aliphatic carbocycles. The number of benzene rings is 2. The van der Waals surface area contributed by atoms with Crippen molar-refractivity contribution in [3.63, 3.8) is 0 Å². The quantitative estimate of drug-likeness (QED) is 0.758. The Kier molecular flexibility index (Phi) is 4.87. The number of methoxy groups -OCH3 is 1. The Balaban J connectivity index is 2.16. The number of nitrogens with zero attached hydrogens (tertiary/aromatic N) is 2. The molecule has 0 saturated heterocycles. The lowest BCUT2D eigenvalue weighted by Crippen LogP contribution is -2.21. The first-order valence-electron chi connectivity index (χ1n) is 7.22. The molecule has 1 N–H and O–H groups in total. The van der Waals surface area contributed by atoms with E-state index in [1.807, 2.05) is 0 Å². The average molecular weight is 377 g/mol. The lowest BCUT2D eigenvalue weighted by Gasteiger charge is -2.02. The number of aliphatic carboxylic acids is 1. The number of carbonyl (C=O) groups excluding carboxylic acids is 1. The number of hydrogen-bond donors (Lipinski definition) is 1. The molecular formula is C17H13ClN2O4S. The number of thiazole rings is 1. The molecule has 3 aromatic rings. The van der Waals surface area contributed by atoms with Crippen LogP contribution in [0.25, 0.3) is 10.2 Å². The molecule has 0 radical (unpaired) electrons. The maximum atomic E-state index is 12.4. The molecule has 1 heterocycles. The van der Waals surface area contributed by atoms with E-state index >= 15 is 0 Å². The zero-order valence-corrected chi connectivity index (χ0v) is 14.7. The second kappa shape index (κ2) is 7.08. The highest BCUT2D eigenvalue weighted by molar-refractivity contribution is 7.16. The van der Waals surface area contributed by atoms with E-state index in [1.54, 1.807) is 43.5 Å². The summed E-state index contributed by atoms with van der Waals surface area (Å²) in [6.07, 6.45) is 0. The number of aromatic nitrogens is 1. The Morgan fingerprint density at radius 2 is 2.08 bits per heavy atom. The minimum Gasteiger partial charge on any atom is -0.497 e. The third kappa shape index (κ3) is 3.72. The van der Waals surface area contributed by atoms with Crippen LogP contribution in [-0.4, -0.2) is 28.7 Å². The number of hydrogen-bond acceptors (Lipinski definition) is 4. The highest BCUT2D eigenvalue weighted by atomic mass is 35.5. The molecule has 0 aliphatic heterocycles. The first-order chi connectivity index (χ1) is 12.0. The number of ether oxygens (including phenoxy) is 1. The largest absolute Gasteiger partial charge is 0.497 e. The fourth-order valence-electron chi connectivity index (χ4n) is 2.33. The molecule has 0 unspecified atom stereocenters. The van der Waals surface area contributed by atoms with Gasteiger partial charge in [-0.3, -0.25) is 9.59 Å². The van der Waals surface area contributed by atoms with Crippen molar-refractivity contribution >= 4 is 45.0 Å². The number of halogens is 1. The van der Waals surface area contributed by atoms with Crippen LogP contribution in [0.1, 0.15) is 10.4 Å². The Morgan fingerprint density at radius 3 is 2.76 bits per heavy atom. The third-order valence-corrected chi connectivity index (χ3v) is 4.73. The molecule has 1 aromatic heterocycles. The third-order valence-electron chi connectivity index (χ3n) is 3.45. The van der Waals surface area contributed by atoms with Gasteiger partial charge < -0.3 is 14.4 Å². The SMILES string of the molecule is COc1ccc2c(c1)s/c(=N\C(=O)c1cccc(Cl)c1)n2CC(=O)O. The highest BCUT2D eigenvalue weighted by Gasteiger charge is 2.12. The van der Waals surface area contributed by atoms with Gasteiger partial charge in [0.2, 0.25) is 0 Å². The van der Waals surface area contributed by atoms with Gasteiger partial charge in [-0.05, 0) is 36.4 Å². The lowest BCUT2D eigenvalue weighted by atomic mass is 10.2. The smallest absolute Gasteiger partial charge is 0.323 e. The van der Waals surface area contributed by atoms with Crippen molar-refractivity contribution in [1.29, 1.82) is 0 Å². The molecular weight excluding hydrogens is 364 g/mol. The summed E-state index contributed by atoms with van der Waals surface area (Å²) in [6.45, 7) is -0.298. The van der Waals surface area contributed by atoms with Gasteiger partial charge in [-0.25, -0.2) is 0 Å². The van der Waals surface area contributed by atoms with E-state index < -0.39 is 11.9 Å². The van der Waals surface area contributed by atoms with Gasteiger partial charge in [-0.2, -0.15) is 4.99 Å². The van der Waals surface area contributed by atoms with Crippen molar-refractivity contribution in [3.8, 4) is 5.75 Å². The molecule has 8 heteroatoms. The summed E-state index contributed by atoms with van der Waals surface area (Å²) in [5.41, 5.74) is 1.01. The number of amides is 1. The number of rotatable bonds is 4. The van der Waals surface area contributed by atoms with Crippen LogP contribution in [0.4, 0.5) is 0 Å². The highest BCUT2D eigenvalue weighted by Crippen LogP contribution is 2.23. The number of carboxylic acids is 1. The summed E-state index contributed by atoms with van der Waals surface area (Å²) in [6, 6.07) is 11.7. The van der Waals surface area contributed by atoms with E-state index in [2.05, 4.69) is 4.99 Å². The van der Waals surface area contributed by atoms with Crippen LogP contribution >= 0.6 is 22.9 Å². The summed E-state index contributed by atoms with van der Waals surface area (Å²) in [4.78, 5) is 28.0. The fraction of sp³-hybridized carbons (Fsp3) is 0.118. The second-order valence-electron chi connectivity index (χ2n) is 5.13. The topological polar surface area (TPSA) is 80.9 Å². The molecule has 0 aliphatic rings. The van der Waals surface area contributed by atoms with Crippen LogP contribution in [0, 0.1) is 0 Å². The molecule has 6 nitrogen and oxygen atoms in total. The maximum absolute atomic E-state index is 12.4. The van der Waals surface area contributed by atoms with Crippen LogP contribution in [0.15, 0.2) is 47.5 Å². The standard InChI is InChI=1S/C17H13ClN2O4S/c1-24-12-5-6-13-14(8-12)25-17(20(13)9-15(21)22)19-16(23)10-3-2-4-11(18)7-10/h2-8H,9H2,1H3,(H,21,22)/b19-17-. The van der Waals surface area contributed by atoms with Crippen molar-refractivity contribution in [2.75, 3.05) is 7.11 Å². The number of carbonyl (C=O) groups is 2. The van der Waals surface area contributed by atoms with Gasteiger partial charge in [-0.1, -0.05) is 29.0 Å². The molecule has 0 spiro atoms. The van der Waals surface area contributed by atoms with Crippen molar-refractivity contribution in [3.05, 3.63) is 57.9 Å². The lowest BCUT2D eigenvalue weighted by molar-refractivity contribution is -0.137. The molecule has 2 aromatic carbocycles. The van der Waals surface area contributed by atoms with Gasteiger partial charge in [0.25, 0.3) is 5.91 Å². The van der Waals surface area contributed by atoms with Crippen LogP contribution in [-0.2, 0) is 11.3 Å². The monoisotopic (exact) mass is 376 g/mol. The minimum absolute atomic E-state index is 0.298. The van der Waals surface area contributed by atoms with E-state index in [9.17, 15) is 14.7 Å². The zero-order chi connectivity index (χ0) is 18.0. The summed E-state index contributed by atoms with van der Waals surface area (Å²) < 4.78 is 7.45. The Bertz CT molecular complexity index is 1040. The molecule has 25 heavy (non-hydrogen) atoms. The van der Waals surface area contributed by atoms with Gasteiger partial charge in [0.15, 0.2) is 4.80 Å². The minimum atomic E-state index is -1.02. The van der Waals surface area contributed by atoms with Crippen molar-refractivity contribution in [2.45, 2.75) is 6.54 Å². The van der Waals surface area contributed by atoms with Gasteiger partial charge in [0.05, 0.1) is 17.3 Å². The van der Waals surface area contributed by atoms with E-state index in [4.69, 9.17) is 16.3 Å². The van der Waals surface area contributed by atoms with Crippen LogP contribution in [0.3, 0.4) is 0 Å². The van der Waals surface area contributed by atoms with Crippen LogP contribution in [0.5, 0.6) is 5.75 Å².